The maximum atomic E-state index is 12.7. The van der Waals surface area contributed by atoms with Crippen LogP contribution in [-0.2, 0) is 16.1 Å². The molecule has 2 aromatic rings. The molecule has 6 nitrogen and oxygen atoms in total. The maximum absolute atomic E-state index is 12.7. The third-order valence-electron chi connectivity index (χ3n) is 4.95. The van der Waals surface area contributed by atoms with E-state index < -0.39 is 5.41 Å². The van der Waals surface area contributed by atoms with Crippen LogP contribution in [0.3, 0.4) is 0 Å². The van der Waals surface area contributed by atoms with E-state index in [1.165, 1.54) is 0 Å². The molecule has 1 saturated carbocycles. The van der Waals surface area contributed by atoms with Gasteiger partial charge in [-0.2, -0.15) is 0 Å². The number of aryl methyl sites for hydroxylation is 1. The first-order valence-corrected chi connectivity index (χ1v) is 9.10. The van der Waals surface area contributed by atoms with E-state index in [0.717, 1.165) is 11.1 Å². The van der Waals surface area contributed by atoms with Crippen molar-refractivity contribution in [3.8, 4) is 11.5 Å². The van der Waals surface area contributed by atoms with Crippen LogP contribution in [0.15, 0.2) is 36.4 Å². The molecule has 1 fully saturated rings. The van der Waals surface area contributed by atoms with E-state index in [0.29, 0.717) is 41.6 Å². The summed E-state index contributed by atoms with van der Waals surface area (Å²) >= 11 is 5.95. The lowest BCUT2D eigenvalue weighted by Gasteiger charge is -2.16. The number of fused-ring (bicyclic) bond motifs is 1. The predicted molar refractivity (Wildman–Crippen MR) is 101 cm³/mol. The number of rotatable bonds is 5. The number of hydrogen-bond acceptors (Lipinski definition) is 4. The quantitative estimate of drug-likeness (QED) is 0.772. The second-order valence-corrected chi connectivity index (χ2v) is 7.30. The van der Waals surface area contributed by atoms with Crippen LogP contribution in [0.4, 0.5) is 5.69 Å². The minimum absolute atomic E-state index is 0.207. The predicted octanol–water partition coefficient (Wildman–Crippen LogP) is 3.41. The number of amides is 2. The van der Waals surface area contributed by atoms with Gasteiger partial charge in [0.1, 0.15) is 5.41 Å². The van der Waals surface area contributed by atoms with Crippen LogP contribution < -0.4 is 20.1 Å². The Hall–Kier alpha value is -2.73. The molecule has 0 aromatic heterocycles. The van der Waals surface area contributed by atoms with Crippen LogP contribution in [0.5, 0.6) is 11.5 Å². The Balaban J connectivity index is 1.39. The molecule has 0 saturated heterocycles. The first-order chi connectivity index (χ1) is 13.0. The SMILES string of the molecule is Cc1cc(Cl)ccc1NC(=O)C1(C(=O)NCc2ccc3c(c2)OCO3)CC1. The van der Waals surface area contributed by atoms with Gasteiger partial charge in [-0.3, -0.25) is 9.59 Å². The van der Waals surface area contributed by atoms with E-state index in [2.05, 4.69) is 10.6 Å². The summed E-state index contributed by atoms with van der Waals surface area (Å²) in [5.41, 5.74) is 1.41. The zero-order chi connectivity index (χ0) is 19.0. The number of ether oxygens (including phenoxy) is 2. The maximum Gasteiger partial charge on any atom is 0.240 e. The summed E-state index contributed by atoms with van der Waals surface area (Å²) in [5.74, 6) is 0.820. The second-order valence-electron chi connectivity index (χ2n) is 6.87. The van der Waals surface area contributed by atoms with Crippen molar-refractivity contribution >= 4 is 29.1 Å². The van der Waals surface area contributed by atoms with Crippen LogP contribution >= 0.6 is 11.6 Å². The van der Waals surface area contributed by atoms with Crippen LogP contribution in [0, 0.1) is 12.3 Å². The summed E-state index contributed by atoms with van der Waals surface area (Å²) < 4.78 is 10.6. The van der Waals surface area contributed by atoms with Gasteiger partial charge in [0.25, 0.3) is 0 Å². The van der Waals surface area contributed by atoms with Crippen LogP contribution in [0.25, 0.3) is 0 Å². The molecule has 1 heterocycles. The number of nitrogens with one attached hydrogen (secondary N) is 2. The van der Waals surface area contributed by atoms with E-state index in [1.54, 1.807) is 18.2 Å². The first kappa shape index (κ1) is 17.7. The lowest BCUT2D eigenvalue weighted by molar-refractivity contribution is -0.134. The summed E-state index contributed by atoms with van der Waals surface area (Å²) in [6.45, 7) is 2.39. The number of carbonyl (C=O) groups excluding carboxylic acids is 2. The molecule has 1 aliphatic heterocycles. The van der Waals surface area contributed by atoms with E-state index >= 15 is 0 Å². The largest absolute Gasteiger partial charge is 0.454 e. The Bertz CT molecular complexity index is 924. The summed E-state index contributed by atoms with van der Waals surface area (Å²) in [6.07, 6.45) is 1.08. The Kier molecular flexibility index (Phi) is 4.44. The minimum Gasteiger partial charge on any atom is -0.454 e. The molecule has 0 radical (unpaired) electrons. The van der Waals surface area contributed by atoms with Gasteiger partial charge in [0.15, 0.2) is 11.5 Å². The molecule has 4 rings (SSSR count). The highest BCUT2D eigenvalue weighted by Gasteiger charge is 2.56. The van der Waals surface area contributed by atoms with Gasteiger partial charge in [0, 0.05) is 17.3 Å². The molecular weight excluding hydrogens is 368 g/mol. The van der Waals surface area contributed by atoms with Crippen molar-refractivity contribution in [1.82, 2.24) is 5.32 Å². The van der Waals surface area contributed by atoms with Gasteiger partial charge in [0.2, 0.25) is 18.6 Å². The number of halogens is 1. The van der Waals surface area contributed by atoms with Crippen LogP contribution in [-0.4, -0.2) is 18.6 Å². The highest BCUT2D eigenvalue weighted by Crippen LogP contribution is 2.47. The van der Waals surface area contributed by atoms with Crippen LogP contribution in [0.1, 0.15) is 24.0 Å². The van der Waals surface area contributed by atoms with Crippen molar-refractivity contribution in [3.63, 3.8) is 0 Å². The van der Waals surface area contributed by atoms with Crippen molar-refractivity contribution in [2.45, 2.75) is 26.3 Å². The smallest absolute Gasteiger partial charge is 0.240 e. The van der Waals surface area contributed by atoms with Gasteiger partial charge in [-0.15, -0.1) is 0 Å². The van der Waals surface area contributed by atoms with Crippen molar-refractivity contribution in [1.29, 1.82) is 0 Å². The van der Waals surface area contributed by atoms with Gasteiger partial charge in [-0.05, 0) is 61.2 Å². The Labute approximate surface area is 161 Å². The fourth-order valence-electron chi connectivity index (χ4n) is 3.09. The van der Waals surface area contributed by atoms with Gasteiger partial charge in [-0.25, -0.2) is 0 Å². The zero-order valence-corrected chi connectivity index (χ0v) is 15.6. The summed E-state index contributed by atoms with van der Waals surface area (Å²) in [7, 11) is 0. The van der Waals surface area contributed by atoms with Crippen molar-refractivity contribution in [2.75, 3.05) is 12.1 Å². The molecule has 7 heteroatoms. The van der Waals surface area contributed by atoms with Gasteiger partial charge >= 0.3 is 0 Å². The highest BCUT2D eigenvalue weighted by molar-refractivity contribution is 6.30. The molecule has 2 N–H and O–H groups in total. The van der Waals surface area contributed by atoms with E-state index in [9.17, 15) is 9.59 Å². The summed E-state index contributed by atoms with van der Waals surface area (Å²) in [5, 5.41) is 6.33. The average molecular weight is 387 g/mol. The molecule has 1 aliphatic carbocycles. The van der Waals surface area contributed by atoms with Crippen molar-refractivity contribution in [3.05, 3.63) is 52.5 Å². The molecule has 0 unspecified atom stereocenters. The van der Waals surface area contributed by atoms with Gasteiger partial charge in [-0.1, -0.05) is 17.7 Å². The van der Waals surface area contributed by atoms with Crippen LogP contribution in [0.2, 0.25) is 5.02 Å². The first-order valence-electron chi connectivity index (χ1n) is 8.72. The molecule has 27 heavy (non-hydrogen) atoms. The lowest BCUT2D eigenvalue weighted by atomic mass is 10.0. The van der Waals surface area contributed by atoms with Gasteiger partial charge in [0.05, 0.1) is 0 Å². The molecule has 0 spiro atoms. The molecule has 0 atom stereocenters. The van der Waals surface area contributed by atoms with E-state index in [-0.39, 0.29) is 18.6 Å². The van der Waals surface area contributed by atoms with E-state index in [1.807, 2.05) is 25.1 Å². The van der Waals surface area contributed by atoms with E-state index in [4.69, 9.17) is 21.1 Å². The normalized spacial score (nSPS) is 15.9. The molecule has 140 valence electrons. The number of anilines is 1. The summed E-state index contributed by atoms with van der Waals surface area (Å²) in [6, 6.07) is 10.7. The van der Waals surface area contributed by atoms with Crippen molar-refractivity contribution < 1.29 is 19.1 Å². The molecular formula is C20H19ClN2O4. The fraction of sp³-hybridized carbons (Fsp3) is 0.300. The number of hydrogen-bond donors (Lipinski definition) is 2. The van der Waals surface area contributed by atoms with Crippen molar-refractivity contribution in [2.24, 2.45) is 5.41 Å². The molecule has 2 aliphatic rings. The number of benzene rings is 2. The minimum atomic E-state index is -0.998. The average Bonchev–Trinajstić information content (AvgIpc) is 3.34. The second kappa shape index (κ2) is 6.78. The lowest BCUT2D eigenvalue weighted by Crippen LogP contribution is -2.39. The molecule has 0 bridgehead atoms. The fourth-order valence-corrected chi connectivity index (χ4v) is 3.32. The van der Waals surface area contributed by atoms with Gasteiger partial charge < -0.3 is 20.1 Å². The highest BCUT2D eigenvalue weighted by atomic mass is 35.5. The zero-order valence-electron chi connectivity index (χ0n) is 14.8. The Morgan fingerprint density at radius 2 is 1.85 bits per heavy atom. The standard InChI is InChI=1S/C20H19ClN2O4/c1-12-8-14(21)3-4-15(12)23-19(25)20(6-7-20)18(24)22-10-13-2-5-16-17(9-13)27-11-26-16/h2-5,8-9H,6-7,10-11H2,1H3,(H,22,24)(H,23,25). The summed E-state index contributed by atoms with van der Waals surface area (Å²) in [4.78, 5) is 25.4. The monoisotopic (exact) mass is 386 g/mol. The third kappa shape index (κ3) is 3.45. The third-order valence-corrected chi connectivity index (χ3v) is 5.18. The Morgan fingerprint density at radius 1 is 1.07 bits per heavy atom. The molecule has 2 amide bonds. The number of carbonyl (C=O) groups is 2. The Morgan fingerprint density at radius 3 is 2.59 bits per heavy atom. The topological polar surface area (TPSA) is 76.7 Å². The molecule has 2 aromatic carbocycles.